The average Bonchev–Trinajstić information content (AvgIpc) is 2.46. The Bertz CT molecular complexity index is 599. The lowest BCUT2D eigenvalue weighted by atomic mass is 10.2. The SMILES string of the molecule is O=Cc1nc(C=O)c(OCc2ccccc2)cc1Cl. The predicted molar refractivity (Wildman–Crippen MR) is 70.8 cm³/mol. The second-order valence-electron chi connectivity index (χ2n) is 3.75. The smallest absolute Gasteiger partial charge is 0.172 e. The number of carbonyl (C=O) groups is 2. The summed E-state index contributed by atoms with van der Waals surface area (Å²) < 4.78 is 5.50. The van der Waals surface area contributed by atoms with Crippen LogP contribution in [0.1, 0.15) is 26.5 Å². The predicted octanol–water partition coefficient (Wildman–Crippen LogP) is 2.94. The van der Waals surface area contributed by atoms with Gasteiger partial charge in [-0.1, -0.05) is 41.9 Å². The molecule has 2 aromatic rings. The fraction of sp³-hybridized carbons (Fsp3) is 0.0714. The van der Waals surface area contributed by atoms with Crippen LogP contribution < -0.4 is 4.74 Å². The Morgan fingerprint density at radius 1 is 1.11 bits per heavy atom. The van der Waals surface area contributed by atoms with E-state index in [4.69, 9.17) is 16.3 Å². The Morgan fingerprint density at radius 2 is 1.79 bits per heavy atom. The highest BCUT2D eigenvalue weighted by atomic mass is 35.5. The van der Waals surface area contributed by atoms with Gasteiger partial charge in [0.2, 0.25) is 0 Å². The van der Waals surface area contributed by atoms with Crippen molar-refractivity contribution in [2.45, 2.75) is 6.61 Å². The summed E-state index contributed by atoms with van der Waals surface area (Å²) in [4.78, 5) is 25.4. The maximum Gasteiger partial charge on any atom is 0.172 e. The number of aldehydes is 2. The van der Waals surface area contributed by atoms with E-state index in [-0.39, 0.29) is 22.2 Å². The van der Waals surface area contributed by atoms with E-state index in [1.807, 2.05) is 30.3 Å². The van der Waals surface area contributed by atoms with E-state index in [0.29, 0.717) is 19.2 Å². The molecule has 19 heavy (non-hydrogen) atoms. The Balaban J connectivity index is 2.22. The zero-order chi connectivity index (χ0) is 13.7. The highest BCUT2D eigenvalue weighted by molar-refractivity contribution is 6.32. The number of aromatic nitrogens is 1. The summed E-state index contributed by atoms with van der Waals surface area (Å²) in [5.41, 5.74) is 1.04. The van der Waals surface area contributed by atoms with Crippen LogP contribution in [-0.4, -0.2) is 17.6 Å². The second-order valence-corrected chi connectivity index (χ2v) is 4.16. The molecule has 2 rings (SSSR count). The minimum atomic E-state index is 0.0239. The zero-order valence-electron chi connectivity index (χ0n) is 9.88. The van der Waals surface area contributed by atoms with Crippen molar-refractivity contribution in [3.63, 3.8) is 0 Å². The molecule has 5 heteroatoms. The standard InChI is InChI=1S/C14H10ClNO3/c15-11-6-14(13(8-18)16-12(11)7-17)19-9-10-4-2-1-3-5-10/h1-8H,9H2. The molecule has 1 aromatic carbocycles. The number of halogens is 1. The van der Waals surface area contributed by atoms with Gasteiger partial charge in [0.25, 0.3) is 0 Å². The van der Waals surface area contributed by atoms with E-state index in [2.05, 4.69) is 4.98 Å². The van der Waals surface area contributed by atoms with Gasteiger partial charge in [0.15, 0.2) is 12.6 Å². The van der Waals surface area contributed by atoms with Crippen molar-refractivity contribution >= 4 is 24.2 Å². The van der Waals surface area contributed by atoms with Crippen LogP contribution in [0.15, 0.2) is 36.4 Å². The van der Waals surface area contributed by atoms with E-state index in [1.54, 1.807) is 0 Å². The molecule has 0 atom stereocenters. The molecule has 0 unspecified atom stereocenters. The van der Waals surface area contributed by atoms with Gasteiger partial charge in [-0.25, -0.2) is 4.98 Å². The number of ether oxygens (including phenoxy) is 1. The fourth-order valence-electron chi connectivity index (χ4n) is 1.52. The summed E-state index contributed by atoms with van der Waals surface area (Å²) in [6.45, 7) is 0.292. The largest absolute Gasteiger partial charge is 0.486 e. The summed E-state index contributed by atoms with van der Waals surface area (Å²) in [6, 6.07) is 10.9. The minimum Gasteiger partial charge on any atom is -0.486 e. The van der Waals surface area contributed by atoms with Gasteiger partial charge in [-0.3, -0.25) is 9.59 Å². The molecule has 0 fully saturated rings. The van der Waals surface area contributed by atoms with Crippen molar-refractivity contribution in [2.24, 2.45) is 0 Å². The Hall–Kier alpha value is -2.20. The van der Waals surface area contributed by atoms with Gasteiger partial charge in [-0.2, -0.15) is 0 Å². The summed E-state index contributed by atoms with van der Waals surface area (Å²) in [5.74, 6) is 0.259. The first-order valence-electron chi connectivity index (χ1n) is 5.52. The molecular formula is C14H10ClNO3. The normalized spacial score (nSPS) is 9.95. The summed E-state index contributed by atoms with van der Waals surface area (Å²) in [5, 5.41) is 0.156. The molecule has 0 aliphatic heterocycles. The molecule has 1 heterocycles. The highest BCUT2D eigenvalue weighted by Gasteiger charge is 2.11. The molecule has 0 N–H and O–H groups in total. The number of pyridine rings is 1. The number of hydrogen-bond donors (Lipinski definition) is 0. The number of hydrogen-bond acceptors (Lipinski definition) is 4. The molecule has 0 bridgehead atoms. The van der Waals surface area contributed by atoms with Crippen LogP contribution in [0.25, 0.3) is 0 Å². The van der Waals surface area contributed by atoms with Gasteiger partial charge in [0, 0.05) is 6.07 Å². The first kappa shape index (κ1) is 13.2. The molecule has 4 nitrogen and oxygen atoms in total. The van der Waals surface area contributed by atoms with Crippen LogP contribution in [0, 0.1) is 0 Å². The Kier molecular flexibility index (Phi) is 4.26. The van der Waals surface area contributed by atoms with E-state index in [0.717, 1.165) is 5.56 Å². The topological polar surface area (TPSA) is 56.3 Å². The second kappa shape index (κ2) is 6.11. The van der Waals surface area contributed by atoms with Crippen LogP contribution in [0.4, 0.5) is 0 Å². The first-order chi connectivity index (χ1) is 9.24. The van der Waals surface area contributed by atoms with Gasteiger partial charge in [0.1, 0.15) is 23.7 Å². The van der Waals surface area contributed by atoms with Gasteiger partial charge in [0.05, 0.1) is 5.02 Å². The first-order valence-corrected chi connectivity index (χ1v) is 5.90. The molecule has 0 spiro atoms. The quantitative estimate of drug-likeness (QED) is 0.787. The van der Waals surface area contributed by atoms with E-state index < -0.39 is 0 Å². The van der Waals surface area contributed by atoms with Crippen LogP contribution in [0.5, 0.6) is 5.75 Å². The summed E-state index contributed by atoms with van der Waals surface area (Å²) >= 11 is 5.85. The average molecular weight is 276 g/mol. The lowest BCUT2D eigenvalue weighted by Gasteiger charge is -2.09. The molecule has 96 valence electrons. The van der Waals surface area contributed by atoms with Gasteiger partial charge >= 0.3 is 0 Å². The van der Waals surface area contributed by atoms with Crippen LogP contribution in [-0.2, 0) is 6.61 Å². The van der Waals surface area contributed by atoms with Crippen LogP contribution >= 0.6 is 11.6 Å². The maximum atomic E-state index is 10.9. The molecule has 0 aliphatic carbocycles. The van der Waals surface area contributed by atoms with Crippen molar-refractivity contribution in [1.82, 2.24) is 4.98 Å². The molecule has 0 saturated carbocycles. The number of carbonyl (C=O) groups excluding carboxylic acids is 2. The number of nitrogens with zero attached hydrogens (tertiary/aromatic N) is 1. The lowest BCUT2D eigenvalue weighted by Crippen LogP contribution is -2.02. The Morgan fingerprint density at radius 3 is 2.42 bits per heavy atom. The molecule has 1 aromatic heterocycles. The van der Waals surface area contributed by atoms with Gasteiger partial charge in [-0.05, 0) is 5.56 Å². The fourth-order valence-corrected chi connectivity index (χ4v) is 1.71. The van der Waals surface area contributed by atoms with E-state index in [1.165, 1.54) is 6.07 Å². The third-order valence-corrected chi connectivity index (χ3v) is 2.76. The third-order valence-electron chi connectivity index (χ3n) is 2.46. The van der Waals surface area contributed by atoms with Crippen molar-refractivity contribution in [3.05, 3.63) is 58.4 Å². The summed E-state index contributed by atoms with van der Waals surface area (Å²) in [6.07, 6.45) is 1.03. The van der Waals surface area contributed by atoms with Gasteiger partial charge in [-0.15, -0.1) is 0 Å². The lowest BCUT2D eigenvalue weighted by molar-refractivity contribution is 0.111. The van der Waals surface area contributed by atoms with Crippen molar-refractivity contribution in [1.29, 1.82) is 0 Å². The number of rotatable bonds is 5. The van der Waals surface area contributed by atoms with Crippen molar-refractivity contribution < 1.29 is 14.3 Å². The molecule has 0 radical (unpaired) electrons. The molecular weight excluding hydrogens is 266 g/mol. The Labute approximate surface area is 115 Å². The van der Waals surface area contributed by atoms with Crippen molar-refractivity contribution in [2.75, 3.05) is 0 Å². The van der Waals surface area contributed by atoms with Crippen molar-refractivity contribution in [3.8, 4) is 5.75 Å². The molecule has 0 aliphatic rings. The van der Waals surface area contributed by atoms with E-state index >= 15 is 0 Å². The maximum absolute atomic E-state index is 10.9. The molecule has 0 saturated heterocycles. The number of benzene rings is 1. The van der Waals surface area contributed by atoms with Crippen LogP contribution in [0.3, 0.4) is 0 Å². The summed E-state index contributed by atoms with van der Waals surface area (Å²) in [7, 11) is 0. The van der Waals surface area contributed by atoms with E-state index in [9.17, 15) is 9.59 Å². The highest BCUT2D eigenvalue weighted by Crippen LogP contribution is 2.23. The minimum absolute atomic E-state index is 0.0239. The third kappa shape index (κ3) is 3.17. The zero-order valence-corrected chi connectivity index (χ0v) is 10.6. The monoisotopic (exact) mass is 275 g/mol. The van der Waals surface area contributed by atoms with Crippen LogP contribution in [0.2, 0.25) is 5.02 Å². The molecule has 0 amide bonds. The van der Waals surface area contributed by atoms with Gasteiger partial charge < -0.3 is 4.74 Å².